The summed E-state index contributed by atoms with van der Waals surface area (Å²) in [5.74, 6) is 5.04. The van der Waals surface area contributed by atoms with Gasteiger partial charge in [-0.05, 0) is 42.0 Å². The highest BCUT2D eigenvalue weighted by Crippen LogP contribution is 2.06. The molecule has 0 atom stereocenters. The fraction of sp³-hybridized carbons (Fsp3) is 0. The Hall–Kier alpha value is -2.79. The van der Waals surface area contributed by atoms with Gasteiger partial charge < -0.3 is 5.11 Å². The summed E-state index contributed by atoms with van der Waals surface area (Å²) in [6, 6.07) is 16.4. The van der Waals surface area contributed by atoms with Crippen LogP contribution in [0.2, 0.25) is 0 Å². The van der Waals surface area contributed by atoms with E-state index in [9.17, 15) is 4.79 Å². The van der Waals surface area contributed by atoms with Crippen LogP contribution in [0.4, 0.5) is 0 Å². The van der Waals surface area contributed by atoms with Gasteiger partial charge in [-0.1, -0.05) is 42.2 Å². The molecular weight excluding hydrogens is 236 g/mol. The smallest absolute Gasteiger partial charge is 0.335 e. The number of aromatic carboxylic acids is 1. The van der Waals surface area contributed by atoms with Crippen LogP contribution in [0, 0.1) is 11.8 Å². The van der Waals surface area contributed by atoms with Crippen molar-refractivity contribution in [3.8, 4) is 11.8 Å². The van der Waals surface area contributed by atoms with Crippen molar-refractivity contribution in [2.24, 2.45) is 0 Å². The van der Waals surface area contributed by atoms with Crippen LogP contribution in [0.5, 0.6) is 0 Å². The van der Waals surface area contributed by atoms with Crippen molar-refractivity contribution in [2.75, 3.05) is 0 Å². The van der Waals surface area contributed by atoms with E-state index in [1.165, 1.54) is 0 Å². The first kappa shape index (κ1) is 12.7. The van der Waals surface area contributed by atoms with Crippen LogP contribution < -0.4 is 0 Å². The predicted octanol–water partition coefficient (Wildman–Crippen LogP) is 3.45. The maximum Gasteiger partial charge on any atom is 0.335 e. The zero-order valence-electron chi connectivity index (χ0n) is 10.2. The Labute approximate surface area is 112 Å². The molecule has 2 rings (SSSR count). The summed E-state index contributed by atoms with van der Waals surface area (Å²) in [6.45, 7) is 0. The summed E-state index contributed by atoms with van der Waals surface area (Å²) in [4.78, 5) is 10.7. The predicted molar refractivity (Wildman–Crippen MR) is 75.8 cm³/mol. The fourth-order valence-electron chi connectivity index (χ4n) is 1.52. The van der Waals surface area contributed by atoms with E-state index < -0.39 is 5.97 Å². The number of allylic oxidation sites excluding steroid dienone is 1. The number of carboxylic acids is 1. The molecule has 0 fully saturated rings. The second-order valence-corrected chi connectivity index (χ2v) is 3.90. The third-order valence-corrected chi connectivity index (χ3v) is 2.51. The molecule has 0 amide bonds. The summed E-state index contributed by atoms with van der Waals surface area (Å²) >= 11 is 0. The topological polar surface area (TPSA) is 37.3 Å². The van der Waals surface area contributed by atoms with Crippen LogP contribution in [-0.4, -0.2) is 11.1 Å². The molecule has 2 heteroatoms. The molecule has 92 valence electrons. The Bertz CT molecular complexity index is 641. The number of hydrogen-bond acceptors (Lipinski definition) is 1. The van der Waals surface area contributed by atoms with Gasteiger partial charge in [-0.2, -0.15) is 0 Å². The lowest BCUT2D eigenvalue weighted by atomic mass is 10.1. The van der Waals surface area contributed by atoms with Gasteiger partial charge in [-0.3, -0.25) is 0 Å². The summed E-state index contributed by atoms with van der Waals surface area (Å²) in [5.41, 5.74) is 2.17. The van der Waals surface area contributed by atoms with Crippen LogP contribution >= 0.6 is 0 Å². The highest BCUT2D eigenvalue weighted by atomic mass is 16.4. The quantitative estimate of drug-likeness (QED) is 0.826. The normalized spacial score (nSPS) is 9.89. The molecule has 2 nitrogen and oxygen atoms in total. The van der Waals surface area contributed by atoms with Crippen molar-refractivity contribution in [3.05, 3.63) is 77.4 Å². The number of rotatable bonds is 2. The maximum absolute atomic E-state index is 10.7. The van der Waals surface area contributed by atoms with Gasteiger partial charge in [0.05, 0.1) is 5.56 Å². The fourth-order valence-corrected chi connectivity index (χ4v) is 1.52. The molecule has 0 radical (unpaired) electrons. The Morgan fingerprint density at radius 2 is 1.68 bits per heavy atom. The first-order valence-corrected chi connectivity index (χ1v) is 5.82. The Balaban J connectivity index is 2.04. The average molecular weight is 248 g/mol. The molecule has 2 aromatic rings. The lowest BCUT2D eigenvalue weighted by Gasteiger charge is -1.94. The van der Waals surface area contributed by atoms with E-state index in [-0.39, 0.29) is 5.56 Å². The second-order valence-electron chi connectivity index (χ2n) is 3.90. The van der Waals surface area contributed by atoms with Gasteiger partial charge in [-0.25, -0.2) is 4.79 Å². The summed E-state index contributed by atoms with van der Waals surface area (Å²) < 4.78 is 0. The number of carbonyl (C=O) groups is 1. The van der Waals surface area contributed by atoms with Crippen molar-refractivity contribution in [1.29, 1.82) is 0 Å². The molecule has 0 spiro atoms. The number of benzene rings is 2. The van der Waals surface area contributed by atoms with E-state index >= 15 is 0 Å². The minimum absolute atomic E-state index is 0.285. The Kier molecular flexibility index (Phi) is 4.15. The van der Waals surface area contributed by atoms with E-state index in [4.69, 9.17) is 5.11 Å². The lowest BCUT2D eigenvalue weighted by molar-refractivity contribution is 0.0697. The van der Waals surface area contributed by atoms with Gasteiger partial charge in [0.2, 0.25) is 0 Å². The molecule has 0 aliphatic carbocycles. The number of hydrogen-bond donors (Lipinski definition) is 1. The molecule has 0 unspecified atom stereocenters. The summed E-state index contributed by atoms with van der Waals surface area (Å²) in [7, 11) is 0. The third-order valence-electron chi connectivity index (χ3n) is 2.51. The van der Waals surface area contributed by atoms with Crippen LogP contribution in [0.1, 0.15) is 21.5 Å². The van der Waals surface area contributed by atoms with E-state index in [1.807, 2.05) is 36.4 Å². The molecule has 19 heavy (non-hydrogen) atoms. The van der Waals surface area contributed by atoms with Gasteiger partial charge >= 0.3 is 5.97 Å². The van der Waals surface area contributed by atoms with Gasteiger partial charge in [-0.15, -0.1) is 0 Å². The SMILES string of the molecule is O=C(O)c1ccc(C=CC#Cc2ccccc2)cc1. The molecule has 0 aliphatic heterocycles. The minimum Gasteiger partial charge on any atom is -0.478 e. The summed E-state index contributed by atoms with van der Waals surface area (Å²) in [6.07, 6.45) is 3.60. The molecule has 0 saturated heterocycles. The van der Waals surface area contributed by atoms with Crippen LogP contribution in [0.25, 0.3) is 6.08 Å². The van der Waals surface area contributed by atoms with Gasteiger partial charge in [0.25, 0.3) is 0 Å². The molecule has 1 N–H and O–H groups in total. The van der Waals surface area contributed by atoms with Crippen LogP contribution in [0.3, 0.4) is 0 Å². The van der Waals surface area contributed by atoms with Crippen molar-refractivity contribution in [3.63, 3.8) is 0 Å². The first-order chi connectivity index (χ1) is 9.25. The largest absolute Gasteiger partial charge is 0.478 e. The maximum atomic E-state index is 10.7. The molecule has 0 saturated carbocycles. The highest BCUT2D eigenvalue weighted by Gasteiger charge is 1.99. The lowest BCUT2D eigenvalue weighted by Crippen LogP contribution is -1.94. The van der Waals surface area contributed by atoms with Gasteiger partial charge in [0, 0.05) is 5.56 Å². The van der Waals surface area contributed by atoms with Crippen molar-refractivity contribution in [2.45, 2.75) is 0 Å². The zero-order valence-corrected chi connectivity index (χ0v) is 10.2. The van der Waals surface area contributed by atoms with E-state index in [2.05, 4.69) is 11.8 Å². The third kappa shape index (κ3) is 3.86. The van der Waals surface area contributed by atoms with Crippen molar-refractivity contribution in [1.82, 2.24) is 0 Å². The average Bonchev–Trinajstić information content (AvgIpc) is 2.45. The molecule has 0 heterocycles. The number of carboxylic acid groups (broad SMARTS) is 1. The summed E-state index contributed by atoms with van der Waals surface area (Å²) in [5, 5.41) is 8.78. The highest BCUT2D eigenvalue weighted by molar-refractivity contribution is 5.87. The Morgan fingerprint density at radius 1 is 1.00 bits per heavy atom. The standard InChI is InChI=1S/C17H12O2/c18-17(19)16-12-10-15(11-13-16)9-5-4-8-14-6-2-1-3-7-14/h1-3,5-7,9-13H,(H,18,19). The monoisotopic (exact) mass is 248 g/mol. The minimum atomic E-state index is -0.917. The van der Waals surface area contributed by atoms with Crippen LogP contribution in [-0.2, 0) is 0 Å². The molecule has 0 aliphatic rings. The van der Waals surface area contributed by atoms with Gasteiger partial charge in [0.15, 0.2) is 0 Å². The first-order valence-electron chi connectivity index (χ1n) is 5.82. The Morgan fingerprint density at radius 3 is 2.32 bits per heavy atom. The van der Waals surface area contributed by atoms with Crippen LogP contribution in [0.15, 0.2) is 60.7 Å². The second kappa shape index (κ2) is 6.23. The zero-order chi connectivity index (χ0) is 13.5. The van der Waals surface area contributed by atoms with E-state index in [0.717, 1.165) is 11.1 Å². The molecule has 0 bridgehead atoms. The van der Waals surface area contributed by atoms with E-state index in [1.54, 1.807) is 30.3 Å². The van der Waals surface area contributed by atoms with Gasteiger partial charge in [0.1, 0.15) is 0 Å². The molecule has 2 aromatic carbocycles. The molecule has 0 aromatic heterocycles. The molecular formula is C17H12O2. The van der Waals surface area contributed by atoms with Crippen molar-refractivity contribution < 1.29 is 9.90 Å². The van der Waals surface area contributed by atoms with Crippen molar-refractivity contribution >= 4 is 12.0 Å². The van der Waals surface area contributed by atoms with E-state index in [0.29, 0.717) is 0 Å².